The topological polar surface area (TPSA) is 42.0 Å². The molecule has 0 spiro atoms. The van der Waals surface area contributed by atoms with E-state index in [2.05, 4.69) is 28.5 Å². The summed E-state index contributed by atoms with van der Waals surface area (Å²) in [6.07, 6.45) is 2.56. The number of rotatable bonds is 6. The van der Waals surface area contributed by atoms with E-state index >= 15 is 0 Å². The normalized spacial score (nSPS) is 12.1. The molecule has 0 radical (unpaired) electrons. The lowest BCUT2D eigenvalue weighted by molar-refractivity contribution is -0.120. The first-order valence-corrected chi connectivity index (χ1v) is 9.42. The minimum Gasteiger partial charge on any atom is -0.355 e. The van der Waals surface area contributed by atoms with Crippen molar-refractivity contribution in [2.24, 2.45) is 0 Å². The number of thioether (sulfide) groups is 1. The Labute approximate surface area is 156 Å². The van der Waals surface area contributed by atoms with Crippen molar-refractivity contribution < 1.29 is 4.79 Å². The van der Waals surface area contributed by atoms with Gasteiger partial charge < -0.3 is 5.32 Å². The van der Waals surface area contributed by atoms with Crippen LogP contribution >= 0.6 is 23.4 Å². The van der Waals surface area contributed by atoms with E-state index in [1.807, 2.05) is 43.3 Å². The fraction of sp³-hybridized carbons (Fsp3) is 0.200. The lowest BCUT2D eigenvalue weighted by atomic mass is 10.1. The summed E-state index contributed by atoms with van der Waals surface area (Å²) in [6, 6.07) is 17.7. The second kappa shape index (κ2) is 8.37. The van der Waals surface area contributed by atoms with Crippen molar-refractivity contribution in [2.75, 3.05) is 6.54 Å². The molecule has 5 heteroatoms. The number of fused-ring (bicyclic) bond motifs is 1. The van der Waals surface area contributed by atoms with E-state index in [0.29, 0.717) is 11.6 Å². The zero-order valence-electron chi connectivity index (χ0n) is 13.9. The molecule has 3 nitrogen and oxygen atoms in total. The Bertz CT molecular complexity index is 862. The van der Waals surface area contributed by atoms with Gasteiger partial charge in [0.25, 0.3) is 0 Å². The number of nitrogens with one attached hydrogen (secondary N) is 1. The molecule has 0 bridgehead atoms. The number of hydrogen-bond donors (Lipinski definition) is 1. The van der Waals surface area contributed by atoms with Gasteiger partial charge in [-0.2, -0.15) is 0 Å². The van der Waals surface area contributed by atoms with Gasteiger partial charge >= 0.3 is 0 Å². The van der Waals surface area contributed by atoms with Crippen molar-refractivity contribution in [1.29, 1.82) is 0 Å². The van der Waals surface area contributed by atoms with Crippen molar-refractivity contribution in [1.82, 2.24) is 10.3 Å². The molecule has 1 aromatic heterocycles. The highest BCUT2D eigenvalue weighted by Crippen LogP contribution is 2.24. The maximum atomic E-state index is 12.3. The van der Waals surface area contributed by atoms with Crippen LogP contribution in [0.5, 0.6) is 0 Å². The number of amides is 1. The number of halogens is 1. The number of hydrogen-bond acceptors (Lipinski definition) is 3. The Morgan fingerprint density at radius 3 is 2.72 bits per heavy atom. The van der Waals surface area contributed by atoms with Crippen molar-refractivity contribution in [3.63, 3.8) is 0 Å². The Kier molecular flexibility index (Phi) is 5.95. The highest BCUT2D eigenvalue weighted by atomic mass is 35.5. The van der Waals surface area contributed by atoms with Gasteiger partial charge in [0.05, 0.1) is 10.8 Å². The van der Waals surface area contributed by atoms with Gasteiger partial charge in [-0.3, -0.25) is 9.78 Å². The predicted molar refractivity (Wildman–Crippen MR) is 105 cm³/mol. The van der Waals surface area contributed by atoms with E-state index in [-0.39, 0.29) is 11.2 Å². The van der Waals surface area contributed by atoms with Crippen LogP contribution in [0.1, 0.15) is 12.5 Å². The van der Waals surface area contributed by atoms with Crippen molar-refractivity contribution in [3.8, 4) is 0 Å². The van der Waals surface area contributed by atoms with Crippen LogP contribution < -0.4 is 5.32 Å². The smallest absolute Gasteiger partial charge is 0.233 e. The summed E-state index contributed by atoms with van der Waals surface area (Å²) in [4.78, 5) is 17.8. The minimum atomic E-state index is -0.160. The van der Waals surface area contributed by atoms with E-state index in [1.165, 1.54) is 11.8 Å². The van der Waals surface area contributed by atoms with Crippen molar-refractivity contribution in [3.05, 3.63) is 71.4 Å². The zero-order valence-corrected chi connectivity index (χ0v) is 15.5. The monoisotopic (exact) mass is 370 g/mol. The third kappa shape index (κ3) is 4.74. The van der Waals surface area contributed by atoms with Gasteiger partial charge in [0.1, 0.15) is 0 Å². The van der Waals surface area contributed by atoms with Crippen LogP contribution in [0.15, 0.2) is 65.7 Å². The third-order valence-corrected chi connectivity index (χ3v) is 5.27. The molecule has 1 heterocycles. The third-order valence-electron chi connectivity index (χ3n) is 3.91. The molecule has 0 fully saturated rings. The summed E-state index contributed by atoms with van der Waals surface area (Å²) >= 11 is 7.41. The van der Waals surface area contributed by atoms with E-state index in [9.17, 15) is 4.79 Å². The highest BCUT2D eigenvalue weighted by Gasteiger charge is 2.14. The molecule has 1 atom stereocenters. The van der Waals surface area contributed by atoms with E-state index in [0.717, 1.165) is 27.8 Å². The lowest BCUT2D eigenvalue weighted by Crippen LogP contribution is -2.32. The molecule has 0 saturated heterocycles. The Balaban J connectivity index is 1.54. The molecule has 1 N–H and O–H groups in total. The lowest BCUT2D eigenvalue weighted by Gasteiger charge is -2.12. The van der Waals surface area contributed by atoms with Crippen LogP contribution in [-0.4, -0.2) is 22.7 Å². The molecule has 25 heavy (non-hydrogen) atoms. The van der Waals surface area contributed by atoms with Gasteiger partial charge in [-0.05, 0) is 49.2 Å². The average molecular weight is 371 g/mol. The minimum absolute atomic E-state index is 0.0353. The molecule has 0 aliphatic carbocycles. The van der Waals surface area contributed by atoms with Gasteiger partial charge in [0.2, 0.25) is 5.91 Å². The number of nitrogens with zero attached hydrogens (tertiary/aromatic N) is 1. The second-order valence-electron chi connectivity index (χ2n) is 5.75. The Morgan fingerprint density at radius 2 is 1.92 bits per heavy atom. The van der Waals surface area contributed by atoms with Crippen LogP contribution in [0.25, 0.3) is 10.9 Å². The van der Waals surface area contributed by atoms with Gasteiger partial charge in [-0.15, -0.1) is 11.8 Å². The van der Waals surface area contributed by atoms with Crippen LogP contribution in [-0.2, 0) is 11.2 Å². The van der Waals surface area contributed by atoms with Crippen molar-refractivity contribution in [2.45, 2.75) is 23.5 Å². The average Bonchev–Trinajstić information content (AvgIpc) is 2.63. The van der Waals surface area contributed by atoms with Gasteiger partial charge in [0, 0.05) is 28.0 Å². The molecule has 0 saturated carbocycles. The number of para-hydroxylation sites is 1. The number of carbonyl (C=O) groups is 1. The van der Waals surface area contributed by atoms with E-state index < -0.39 is 0 Å². The summed E-state index contributed by atoms with van der Waals surface area (Å²) in [6.45, 7) is 2.51. The summed E-state index contributed by atoms with van der Waals surface area (Å²) in [5, 5.41) is 4.68. The molecule has 0 aliphatic rings. The SMILES string of the molecule is CC(Sc1ccc(Cl)cc1)C(=O)NCCc1cccc2cccnc12. The predicted octanol–water partition coefficient (Wildman–Crippen LogP) is 4.73. The van der Waals surface area contributed by atoms with Crippen molar-refractivity contribution >= 4 is 40.2 Å². The summed E-state index contributed by atoms with van der Waals surface area (Å²) in [5.41, 5.74) is 2.15. The molecular formula is C20H19ClN2OS. The van der Waals surface area contributed by atoms with Crippen LogP contribution in [0.2, 0.25) is 5.02 Å². The highest BCUT2D eigenvalue weighted by molar-refractivity contribution is 8.00. The molecule has 1 unspecified atom stereocenters. The first-order chi connectivity index (χ1) is 12.1. The maximum Gasteiger partial charge on any atom is 0.233 e. The second-order valence-corrected chi connectivity index (χ2v) is 7.60. The molecule has 3 rings (SSSR count). The largest absolute Gasteiger partial charge is 0.355 e. The summed E-state index contributed by atoms with van der Waals surface area (Å²) in [5.74, 6) is 0.0353. The zero-order chi connectivity index (χ0) is 17.6. The first kappa shape index (κ1) is 17.8. The van der Waals surface area contributed by atoms with E-state index in [4.69, 9.17) is 11.6 Å². The summed E-state index contributed by atoms with van der Waals surface area (Å²) < 4.78 is 0. The number of benzene rings is 2. The quantitative estimate of drug-likeness (QED) is 0.638. The summed E-state index contributed by atoms with van der Waals surface area (Å²) in [7, 11) is 0. The maximum absolute atomic E-state index is 12.3. The molecule has 2 aromatic carbocycles. The van der Waals surface area contributed by atoms with Crippen LogP contribution in [0.4, 0.5) is 0 Å². The first-order valence-electron chi connectivity index (χ1n) is 8.16. The molecule has 128 valence electrons. The Hall–Kier alpha value is -2.04. The van der Waals surface area contributed by atoms with Gasteiger partial charge in [-0.1, -0.05) is 35.9 Å². The van der Waals surface area contributed by atoms with Crippen LogP contribution in [0, 0.1) is 0 Å². The fourth-order valence-corrected chi connectivity index (χ4v) is 3.62. The molecule has 1 amide bonds. The van der Waals surface area contributed by atoms with Gasteiger partial charge in [0.15, 0.2) is 0 Å². The van der Waals surface area contributed by atoms with E-state index in [1.54, 1.807) is 6.20 Å². The molecule has 3 aromatic rings. The Morgan fingerprint density at radius 1 is 1.16 bits per heavy atom. The number of carbonyl (C=O) groups excluding carboxylic acids is 1. The molecule has 0 aliphatic heterocycles. The standard InChI is InChI=1S/C20H19ClN2OS/c1-14(25-18-9-7-17(21)8-10-18)20(24)23-13-11-16-5-2-4-15-6-3-12-22-19(15)16/h2-10,12,14H,11,13H2,1H3,(H,23,24). The fourth-order valence-electron chi connectivity index (χ4n) is 2.60. The number of aromatic nitrogens is 1. The molecular weight excluding hydrogens is 352 g/mol. The number of pyridine rings is 1. The van der Waals surface area contributed by atoms with Crippen LogP contribution in [0.3, 0.4) is 0 Å². The van der Waals surface area contributed by atoms with Gasteiger partial charge in [-0.25, -0.2) is 0 Å².